The first-order valence-electron chi connectivity index (χ1n) is 22.2. The zero-order valence-corrected chi connectivity index (χ0v) is 36.6. The molecule has 12 rings (SSSR count). The van der Waals surface area contributed by atoms with Gasteiger partial charge in [0.1, 0.15) is 0 Å². The third-order valence-electron chi connectivity index (χ3n) is 14.9. The van der Waals surface area contributed by atoms with Gasteiger partial charge in [-0.2, -0.15) is 0 Å². The van der Waals surface area contributed by atoms with Gasteiger partial charge < -0.3 is 14.6 Å². The van der Waals surface area contributed by atoms with Crippen LogP contribution in [0.15, 0.2) is 164 Å². The van der Waals surface area contributed by atoms with Crippen LogP contribution in [0.4, 0.5) is 39.8 Å². The molecule has 0 spiro atoms. The molecule has 0 bridgehead atoms. The quantitative estimate of drug-likeness (QED) is 0.160. The molecule has 0 radical (unpaired) electrons. The second-order valence-electron chi connectivity index (χ2n) is 19.2. The Morgan fingerprint density at radius 2 is 1.26 bits per heavy atom. The number of rotatable bonds is 5. The largest absolute Gasteiger partial charge is 0.399 e. The zero-order valence-electron chi connectivity index (χ0n) is 35.7. The van der Waals surface area contributed by atoms with Gasteiger partial charge in [0.15, 0.2) is 0 Å². The van der Waals surface area contributed by atoms with Crippen LogP contribution in [0.5, 0.6) is 0 Å². The smallest absolute Gasteiger partial charge is 0.339 e. The third-order valence-corrected chi connectivity index (χ3v) is 16.1. The van der Waals surface area contributed by atoms with Crippen molar-refractivity contribution >= 4 is 78.3 Å². The van der Waals surface area contributed by atoms with E-state index in [1.165, 1.54) is 102 Å². The molecule has 4 heterocycles. The van der Waals surface area contributed by atoms with E-state index in [2.05, 4.69) is 213 Å². The molecule has 61 heavy (non-hydrogen) atoms. The van der Waals surface area contributed by atoms with Crippen LogP contribution in [0.25, 0.3) is 32.3 Å². The Morgan fingerprint density at radius 1 is 0.590 bits per heavy atom. The highest BCUT2D eigenvalue weighted by atomic mass is 32.1. The topological polar surface area (TPSA) is 9.72 Å². The normalized spacial score (nSPS) is 19.7. The molecular formula is C56H50BN3S. The van der Waals surface area contributed by atoms with E-state index in [0.29, 0.717) is 0 Å². The van der Waals surface area contributed by atoms with Crippen LogP contribution in [0.3, 0.4) is 0 Å². The summed E-state index contributed by atoms with van der Waals surface area (Å²) in [6.45, 7) is 12.3. The molecule has 2 atom stereocenters. The van der Waals surface area contributed by atoms with E-state index in [-0.39, 0.29) is 23.2 Å². The minimum Gasteiger partial charge on any atom is -0.399 e. The highest BCUT2D eigenvalue weighted by Crippen LogP contribution is 2.63. The molecule has 3 nitrogen and oxygen atoms in total. The van der Waals surface area contributed by atoms with Crippen molar-refractivity contribution in [3.63, 3.8) is 0 Å². The van der Waals surface area contributed by atoms with Gasteiger partial charge in [0.05, 0.1) is 11.4 Å². The molecule has 7 aromatic carbocycles. The minimum atomic E-state index is -0.0404. The predicted molar refractivity (Wildman–Crippen MR) is 262 cm³/mol. The van der Waals surface area contributed by atoms with Gasteiger partial charge in [-0.05, 0) is 107 Å². The molecule has 298 valence electrons. The van der Waals surface area contributed by atoms with Gasteiger partial charge >= 0.3 is 6.85 Å². The van der Waals surface area contributed by atoms with E-state index in [1.54, 1.807) is 0 Å². The maximum Gasteiger partial charge on any atom is 0.339 e. The lowest BCUT2D eigenvalue weighted by Crippen LogP contribution is -2.70. The molecule has 2 unspecified atom stereocenters. The van der Waals surface area contributed by atoms with E-state index in [1.807, 2.05) is 11.3 Å². The number of hydrogen-bond donors (Lipinski definition) is 0. The monoisotopic (exact) mass is 807 g/mol. The number of nitrogens with zero attached hydrogens (tertiary/aromatic N) is 3. The summed E-state index contributed by atoms with van der Waals surface area (Å²) in [7, 11) is 0. The van der Waals surface area contributed by atoms with Gasteiger partial charge in [-0.3, -0.25) is 0 Å². The maximum absolute atomic E-state index is 2.96. The van der Waals surface area contributed by atoms with Gasteiger partial charge in [0.2, 0.25) is 0 Å². The molecule has 0 saturated heterocycles. The molecule has 0 N–H and O–H groups in total. The molecule has 3 aliphatic heterocycles. The van der Waals surface area contributed by atoms with Crippen LogP contribution in [0.1, 0.15) is 71.4 Å². The fourth-order valence-corrected chi connectivity index (χ4v) is 13.0. The first-order chi connectivity index (χ1) is 29.7. The van der Waals surface area contributed by atoms with Crippen LogP contribution < -0.4 is 24.9 Å². The van der Waals surface area contributed by atoms with E-state index < -0.39 is 0 Å². The molecule has 1 aromatic heterocycles. The molecule has 1 saturated carbocycles. The number of benzene rings is 7. The van der Waals surface area contributed by atoms with Crippen LogP contribution >= 0.6 is 11.3 Å². The minimum absolute atomic E-state index is 0.0144. The van der Waals surface area contributed by atoms with Crippen molar-refractivity contribution < 1.29 is 0 Å². The summed E-state index contributed by atoms with van der Waals surface area (Å²) in [5.74, 6) is 0. The Labute approximate surface area is 365 Å². The van der Waals surface area contributed by atoms with Gasteiger partial charge in [-0.25, -0.2) is 0 Å². The lowest BCUT2D eigenvalue weighted by Gasteiger charge is -2.55. The molecule has 0 amide bonds. The summed E-state index contributed by atoms with van der Waals surface area (Å²) in [4.78, 5) is 8.11. The van der Waals surface area contributed by atoms with Crippen molar-refractivity contribution in [1.29, 1.82) is 0 Å². The Balaban J connectivity index is 1.24. The van der Waals surface area contributed by atoms with Crippen LogP contribution in [-0.4, -0.2) is 12.4 Å². The van der Waals surface area contributed by atoms with Gasteiger partial charge in [-0.15, -0.1) is 11.3 Å². The maximum atomic E-state index is 2.96. The highest BCUT2D eigenvalue weighted by Gasteiger charge is 2.63. The summed E-state index contributed by atoms with van der Waals surface area (Å²) >= 11 is 2.01. The van der Waals surface area contributed by atoms with Gasteiger partial charge in [-0.1, -0.05) is 150 Å². The number of thiophene rings is 1. The molecule has 1 aliphatic carbocycles. The SMILES string of the molecule is CC(C)(C)c1ccc(N2c3cc(N(c4ccccc4)c4ccccc4)cc4c3B(c3sc5ccccc5c32)N2c3c-4cccc3C3(C)CCCCC23C)c(-c2ccccc2)c1. The van der Waals surface area contributed by atoms with E-state index in [4.69, 9.17) is 0 Å². The fourth-order valence-electron chi connectivity index (χ4n) is 11.7. The Bertz CT molecular complexity index is 2990. The first kappa shape index (κ1) is 36.8. The Hall–Kier alpha value is -6.04. The average Bonchev–Trinajstić information content (AvgIpc) is 3.77. The number of para-hydroxylation sites is 3. The van der Waals surface area contributed by atoms with E-state index in [9.17, 15) is 0 Å². The van der Waals surface area contributed by atoms with Crippen molar-refractivity contribution in [2.75, 3.05) is 14.6 Å². The average molecular weight is 808 g/mol. The third kappa shape index (κ3) is 5.17. The van der Waals surface area contributed by atoms with Crippen LogP contribution in [-0.2, 0) is 10.8 Å². The molecule has 8 aromatic rings. The van der Waals surface area contributed by atoms with E-state index in [0.717, 1.165) is 17.1 Å². The highest BCUT2D eigenvalue weighted by molar-refractivity contribution is 7.32. The van der Waals surface area contributed by atoms with Crippen molar-refractivity contribution in [2.45, 2.75) is 76.7 Å². The van der Waals surface area contributed by atoms with Crippen molar-refractivity contribution in [2.24, 2.45) is 0 Å². The fraction of sp³-hybridized carbons (Fsp3) is 0.214. The molecule has 4 aliphatic rings. The summed E-state index contributed by atoms with van der Waals surface area (Å²) in [6, 6.07) is 61.7. The van der Waals surface area contributed by atoms with E-state index >= 15 is 0 Å². The number of fused-ring (bicyclic) bond motifs is 9. The summed E-state index contributed by atoms with van der Waals surface area (Å²) in [6.07, 6.45) is 4.92. The second-order valence-corrected chi connectivity index (χ2v) is 20.3. The number of hydrogen-bond acceptors (Lipinski definition) is 4. The molecular weight excluding hydrogens is 758 g/mol. The van der Waals surface area contributed by atoms with Gasteiger partial charge in [0, 0.05) is 65.4 Å². The summed E-state index contributed by atoms with van der Waals surface area (Å²) in [5.41, 5.74) is 18.1. The van der Waals surface area contributed by atoms with Crippen molar-refractivity contribution in [1.82, 2.24) is 0 Å². The Kier molecular flexibility index (Phi) is 7.98. The standard InChI is InChI=1S/C56H50BN3S/c1-54(2,3)38-30-31-47(44(34-38)37-20-9-6-10-21-37)59-48-36-41(58(39-22-11-7-12-23-39)40-24-13-8-14-25-40)35-45-42-27-19-28-46-51(42)60(56(5)33-18-17-32-55(46,56)4)57(50(45)48)53-52(59)43-26-15-16-29-49(43)61-53/h6-16,19-31,34-36H,17-18,32-33H2,1-5H3. The van der Waals surface area contributed by atoms with Crippen molar-refractivity contribution in [3.8, 4) is 22.3 Å². The Morgan fingerprint density at radius 3 is 1.98 bits per heavy atom. The first-order valence-corrected chi connectivity index (χ1v) is 23.0. The van der Waals surface area contributed by atoms with Crippen LogP contribution in [0, 0.1) is 0 Å². The van der Waals surface area contributed by atoms with Gasteiger partial charge in [0.25, 0.3) is 0 Å². The summed E-state index contributed by atoms with van der Waals surface area (Å²) < 4.78 is 2.78. The van der Waals surface area contributed by atoms with Crippen molar-refractivity contribution in [3.05, 3.63) is 175 Å². The lowest BCUT2D eigenvalue weighted by atomic mass is 9.45. The lowest BCUT2D eigenvalue weighted by molar-refractivity contribution is 0.199. The molecule has 1 fully saturated rings. The second kappa shape index (κ2) is 13.2. The summed E-state index contributed by atoms with van der Waals surface area (Å²) in [5, 5.41) is 1.32. The zero-order chi connectivity index (χ0) is 41.3. The number of anilines is 7. The molecule has 5 heteroatoms. The predicted octanol–water partition coefficient (Wildman–Crippen LogP) is 14.3. The van der Waals surface area contributed by atoms with Crippen LogP contribution in [0.2, 0.25) is 0 Å².